The Morgan fingerprint density at radius 2 is 2.00 bits per heavy atom. The fourth-order valence-electron chi connectivity index (χ4n) is 1.90. The number of dihydropyridines is 1. The molecule has 0 unspecified atom stereocenters. The number of hydrogen-bond donors (Lipinski definition) is 0. The number of para-hydroxylation sites is 1. The van der Waals surface area contributed by atoms with E-state index in [0.717, 1.165) is 35.5 Å². The molecule has 0 fully saturated rings. The molecule has 1 aliphatic rings. The minimum Gasteiger partial charge on any atom is -0.267 e. The van der Waals surface area contributed by atoms with Crippen LogP contribution in [0.5, 0.6) is 0 Å². The Hall–Kier alpha value is -1.43. The van der Waals surface area contributed by atoms with Gasteiger partial charge in [0.15, 0.2) is 0 Å². The highest BCUT2D eigenvalue weighted by molar-refractivity contribution is 14.1. The number of amidine groups is 1. The molecule has 0 amide bonds. The highest BCUT2D eigenvalue weighted by Crippen LogP contribution is 2.22. The summed E-state index contributed by atoms with van der Waals surface area (Å²) < 4.78 is 2.00. The highest BCUT2D eigenvalue weighted by atomic mass is 127. The summed E-state index contributed by atoms with van der Waals surface area (Å²) in [4.78, 5) is 9.15. The fraction of sp³-hybridized carbons (Fsp3) is 0.143. The number of aromatic nitrogens is 1. The van der Waals surface area contributed by atoms with E-state index in [0.29, 0.717) is 0 Å². The zero-order valence-corrected chi connectivity index (χ0v) is 11.9. The van der Waals surface area contributed by atoms with E-state index >= 15 is 0 Å². The Kier molecular flexibility index (Phi) is 3.27. The summed E-state index contributed by atoms with van der Waals surface area (Å²) in [6.07, 6.45) is 5.22. The van der Waals surface area contributed by atoms with E-state index in [2.05, 4.69) is 51.0 Å². The monoisotopic (exact) mass is 349 g/mol. The van der Waals surface area contributed by atoms with E-state index in [1.54, 1.807) is 0 Å². The maximum atomic E-state index is 4.65. The molecule has 0 saturated carbocycles. The van der Waals surface area contributed by atoms with Crippen LogP contribution in [0.3, 0.4) is 0 Å². The predicted molar refractivity (Wildman–Crippen MR) is 84.3 cm³/mol. The number of pyridine rings is 1. The van der Waals surface area contributed by atoms with Crippen LogP contribution in [-0.4, -0.2) is 17.4 Å². The number of fused-ring (bicyclic) bond motifs is 1. The second-order valence-corrected chi connectivity index (χ2v) is 5.04. The normalized spacial score (nSPS) is 14.6. The Morgan fingerprint density at radius 1 is 1.11 bits per heavy atom. The lowest BCUT2D eigenvalue weighted by Gasteiger charge is -2.17. The Labute approximate surface area is 120 Å². The standard InChI is InChI=1S/C14H12IN3/c15-18(13-7-3-4-10-16-13)14-9-8-11-5-1-2-6-12(11)17-14/h1-3,5-9H,4,10H2. The van der Waals surface area contributed by atoms with E-state index in [1.807, 2.05) is 33.5 Å². The molecule has 0 aliphatic carbocycles. The third kappa shape index (κ3) is 2.25. The molecule has 0 spiro atoms. The maximum absolute atomic E-state index is 4.65. The third-order valence-corrected chi connectivity index (χ3v) is 3.81. The molecule has 1 aliphatic heterocycles. The predicted octanol–water partition coefficient (Wildman–Crippen LogP) is 3.75. The Morgan fingerprint density at radius 3 is 2.83 bits per heavy atom. The maximum Gasteiger partial charge on any atom is 0.143 e. The van der Waals surface area contributed by atoms with Crippen LogP contribution in [0.15, 0.2) is 53.5 Å². The van der Waals surface area contributed by atoms with Crippen LogP contribution in [0.2, 0.25) is 0 Å². The lowest BCUT2D eigenvalue weighted by atomic mass is 10.2. The zero-order chi connectivity index (χ0) is 12.4. The number of anilines is 1. The molecule has 0 N–H and O–H groups in total. The van der Waals surface area contributed by atoms with Crippen molar-refractivity contribution in [2.45, 2.75) is 6.42 Å². The van der Waals surface area contributed by atoms with Gasteiger partial charge in [0.2, 0.25) is 0 Å². The lowest BCUT2D eigenvalue weighted by Crippen LogP contribution is -2.20. The first-order valence-electron chi connectivity index (χ1n) is 5.87. The number of hydrogen-bond acceptors (Lipinski definition) is 3. The van der Waals surface area contributed by atoms with E-state index < -0.39 is 0 Å². The SMILES string of the molecule is IN(C1=NCCC=C1)c1ccc2ccccc2n1. The van der Waals surface area contributed by atoms with Crippen molar-refractivity contribution >= 4 is 45.4 Å². The summed E-state index contributed by atoms with van der Waals surface area (Å²) in [7, 11) is 0. The number of halogens is 1. The first kappa shape index (κ1) is 11.6. The number of benzene rings is 1. The molecule has 0 saturated heterocycles. The Balaban J connectivity index is 1.98. The molecule has 3 nitrogen and oxygen atoms in total. The molecule has 3 rings (SSSR count). The van der Waals surface area contributed by atoms with Crippen molar-refractivity contribution in [3.63, 3.8) is 0 Å². The summed E-state index contributed by atoms with van der Waals surface area (Å²) in [5.41, 5.74) is 1.01. The number of aliphatic imine (C=N–C) groups is 1. The van der Waals surface area contributed by atoms with Crippen molar-refractivity contribution < 1.29 is 0 Å². The average molecular weight is 349 g/mol. The summed E-state index contributed by atoms with van der Waals surface area (Å²) >= 11 is 2.25. The molecule has 1 aromatic carbocycles. The van der Waals surface area contributed by atoms with Crippen LogP contribution in [-0.2, 0) is 0 Å². The van der Waals surface area contributed by atoms with Gasteiger partial charge >= 0.3 is 0 Å². The van der Waals surface area contributed by atoms with Gasteiger partial charge in [-0.25, -0.2) is 4.98 Å². The van der Waals surface area contributed by atoms with Crippen LogP contribution in [0.25, 0.3) is 10.9 Å². The van der Waals surface area contributed by atoms with Crippen LogP contribution >= 0.6 is 22.9 Å². The van der Waals surface area contributed by atoms with Crippen molar-refractivity contribution in [3.05, 3.63) is 48.6 Å². The molecular weight excluding hydrogens is 337 g/mol. The zero-order valence-electron chi connectivity index (χ0n) is 9.75. The number of rotatable bonds is 1. The van der Waals surface area contributed by atoms with Gasteiger partial charge in [0.25, 0.3) is 0 Å². The molecule has 2 aromatic rings. The Bertz CT molecular complexity index is 634. The van der Waals surface area contributed by atoms with E-state index in [4.69, 9.17) is 0 Å². The second-order valence-electron chi connectivity index (χ2n) is 4.07. The molecule has 4 heteroatoms. The van der Waals surface area contributed by atoms with Crippen LogP contribution < -0.4 is 3.11 Å². The third-order valence-electron chi connectivity index (χ3n) is 2.82. The van der Waals surface area contributed by atoms with Gasteiger partial charge in [-0.2, -0.15) is 0 Å². The van der Waals surface area contributed by atoms with Gasteiger partial charge in [0, 0.05) is 11.9 Å². The minimum atomic E-state index is 0.860. The summed E-state index contributed by atoms with van der Waals surface area (Å²) in [5, 5.41) is 1.16. The molecular formula is C14H12IN3. The van der Waals surface area contributed by atoms with Crippen molar-refractivity contribution in [1.29, 1.82) is 0 Å². The average Bonchev–Trinajstić information content (AvgIpc) is 2.47. The van der Waals surface area contributed by atoms with Crippen molar-refractivity contribution in [3.8, 4) is 0 Å². The molecule has 2 heterocycles. The van der Waals surface area contributed by atoms with Gasteiger partial charge in [-0.1, -0.05) is 24.3 Å². The van der Waals surface area contributed by atoms with Crippen LogP contribution in [0.4, 0.5) is 5.82 Å². The molecule has 90 valence electrons. The second kappa shape index (κ2) is 5.06. The summed E-state index contributed by atoms with van der Waals surface area (Å²) in [6, 6.07) is 12.3. The summed E-state index contributed by atoms with van der Waals surface area (Å²) in [6.45, 7) is 0.860. The quantitative estimate of drug-likeness (QED) is 0.580. The lowest BCUT2D eigenvalue weighted by molar-refractivity contribution is 0.989. The highest BCUT2D eigenvalue weighted by Gasteiger charge is 2.11. The van der Waals surface area contributed by atoms with Crippen molar-refractivity contribution in [1.82, 2.24) is 4.98 Å². The van der Waals surface area contributed by atoms with E-state index in [-0.39, 0.29) is 0 Å². The molecule has 1 aromatic heterocycles. The van der Waals surface area contributed by atoms with Gasteiger partial charge in [0.05, 0.1) is 28.4 Å². The van der Waals surface area contributed by atoms with Crippen molar-refractivity contribution in [2.24, 2.45) is 4.99 Å². The van der Waals surface area contributed by atoms with Crippen molar-refractivity contribution in [2.75, 3.05) is 9.66 Å². The van der Waals surface area contributed by atoms with E-state index in [9.17, 15) is 0 Å². The topological polar surface area (TPSA) is 28.5 Å². The smallest absolute Gasteiger partial charge is 0.143 e. The number of nitrogens with zero attached hydrogens (tertiary/aromatic N) is 3. The molecule has 0 radical (unpaired) electrons. The molecule has 0 atom stereocenters. The van der Waals surface area contributed by atoms with Gasteiger partial charge in [0.1, 0.15) is 11.7 Å². The summed E-state index contributed by atoms with van der Waals surface area (Å²) in [5.74, 6) is 1.88. The van der Waals surface area contributed by atoms with Gasteiger partial charge in [-0.3, -0.25) is 8.11 Å². The van der Waals surface area contributed by atoms with Gasteiger partial charge in [-0.15, -0.1) is 0 Å². The molecule has 18 heavy (non-hydrogen) atoms. The van der Waals surface area contributed by atoms with Gasteiger partial charge < -0.3 is 0 Å². The first-order chi connectivity index (χ1) is 8.84. The van der Waals surface area contributed by atoms with Crippen LogP contribution in [0, 0.1) is 0 Å². The van der Waals surface area contributed by atoms with Crippen LogP contribution in [0.1, 0.15) is 6.42 Å². The first-order valence-corrected chi connectivity index (χ1v) is 6.84. The fourth-order valence-corrected chi connectivity index (χ4v) is 2.49. The van der Waals surface area contributed by atoms with E-state index in [1.165, 1.54) is 0 Å². The largest absolute Gasteiger partial charge is 0.267 e. The molecule has 0 bridgehead atoms. The van der Waals surface area contributed by atoms with Gasteiger partial charge in [-0.05, 0) is 30.7 Å². The minimum absolute atomic E-state index is 0.860.